The Balaban J connectivity index is 1.88. The highest BCUT2D eigenvalue weighted by atomic mass is 32.3. The molecule has 0 amide bonds. The van der Waals surface area contributed by atoms with E-state index in [9.17, 15) is 49.3 Å². The molecule has 0 saturated carbocycles. The van der Waals surface area contributed by atoms with E-state index in [2.05, 4.69) is 4.18 Å². The highest BCUT2D eigenvalue weighted by Crippen LogP contribution is 2.33. The molecule has 40 heavy (non-hydrogen) atoms. The van der Waals surface area contributed by atoms with E-state index in [1.54, 1.807) is 6.92 Å². The zero-order chi connectivity index (χ0) is 29.9. The van der Waals surface area contributed by atoms with E-state index in [1.165, 1.54) is 6.92 Å². The quantitative estimate of drug-likeness (QED) is 0.0987. The average molecular weight is 611 g/mol. The third-order valence-electron chi connectivity index (χ3n) is 6.72. The largest absolute Gasteiger partial charge is 0.397 e. The first-order valence-corrected chi connectivity index (χ1v) is 13.9. The van der Waals surface area contributed by atoms with E-state index >= 15 is 0 Å². The molecule has 15 atom stereocenters. The molecule has 0 aromatic rings. The Kier molecular flexibility index (Phi) is 12.0. The van der Waals surface area contributed by atoms with Gasteiger partial charge in [0.2, 0.25) is 0 Å². The lowest BCUT2D eigenvalue weighted by Crippen LogP contribution is -2.67. The summed E-state index contributed by atoms with van der Waals surface area (Å²) in [6.45, 7) is 1.51. The van der Waals surface area contributed by atoms with Gasteiger partial charge in [0.1, 0.15) is 67.1 Å². The maximum atomic E-state index is 11.1. The average Bonchev–Trinajstić information content (AvgIpc) is 2.90. The van der Waals surface area contributed by atoms with E-state index < -0.39 is 116 Å². The predicted octanol–water partition coefficient (Wildman–Crippen LogP) is -5.28. The van der Waals surface area contributed by atoms with Gasteiger partial charge in [-0.05, 0) is 13.3 Å². The molecular formula is C21H38O18S. The normalized spacial score (nSPS) is 46.8. The Labute approximate surface area is 229 Å². The van der Waals surface area contributed by atoms with Crippen LogP contribution in [-0.4, -0.2) is 166 Å². The Morgan fingerprint density at radius 2 is 1.25 bits per heavy atom. The fraction of sp³-hybridized carbons (Fsp3) is 1.00. The maximum absolute atomic E-state index is 11.1. The van der Waals surface area contributed by atoms with Gasteiger partial charge in [-0.15, -0.1) is 0 Å². The predicted molar refractivity (Wildman–Crippen MR) is 124 cm³/mol. The van der Waals surface area contributed by atoms with Crippen molar-refractivity contribution in [2.45, 2.75) is 112 Å². The van der Waals surface area contributed by atoms with Crippen molar-refractivity contribution in [3.63, 3.8) is 0 Å². The van der Waals surface area contributed by atoms with Gasteiger partial charge in [-0.3, -0.25) is 4.55 Å². The Morgan fingerprint density at radius 1 is 0.700 bits per heavy atom. The van der Waals surface area contributed by atoms with Crippen molar-refractivity contribution in [2.24, 2.45) is 0 Å². The molecule has 3 aliphatic heterocycles. The van der Waals surface area contributed by atoms with Crippen LogP contribution in [0.15, 0.2) is 0 Å². The second kappa shape index (κ2) is 14.2. The van der Waals surface area contributed by atoms with Crippen LogP contribution in [0.3, 0.4) is 0 Å². The van der Waals surface area contributed by atoms with Crippen molar-refractivity contribution in [1.29, 1.82) is 0 Å². The molecule has 19 heteroatoms. The van der Waals surface area contributed by atoms with E-state index in [0.717, 1.165) is 0 Å². The van der Waals surface area contributed by atoms with Crippen molar-refractivity contribution < 1.29 is 86.4 Å². The van der Waals surface area contributed by atoms with Crippen molar-refractivity contribution in [2.75, 3.05) is 19.8 Å². The molecule has 0 aliphatic carbocycles. The maximum Gasteiger partial charge on any atom is 0.397 e. The lowest BCUT2D eigenvalue weighted by Gasteiger charge is -2.49. The highest BCUT2D eigenvalue weighted by molar-refractivity contribution is 7.80. The fourth-order valence-electron chi connectivity index (χ4n) is 4.49. The van der Waals surface area contributed by atoms with Crippen LogP contribution in [-0.2, 0) is 43.0 Å². The van der Waals surface area contributed by atoms with Crippen molar-refractivity contribution in [3.8, 4) is 0 Å². The summed E-state index contributed by atoms with van der Waals surface area (Å²) in [4.78, 5) is 0. The molecule has 3 aliphatic rings. The van der Waals surface area contributed by atoms with Gasteiger partial charge in [-0.2, -0.15) is 8.42 Å². The summed E-state index contributed by atoms with van der Waals surface area (Å²) < 4.78 is 68.4. The second-order valence-corrected chi connectivity index (χ2v) is 10.8. The second-order valence-electron chi connectivity index (χ2n) is 9.70. The monoisotopic (exact) mass is 610 g/mol. The molecular weight excluding hydrogens is 572 g/mol. The number of ether oxygens (including phenoxy) is 6. The Bertz CT molecular complexity index is 893. The number of aliphatic hydroxyl groups is 8. The van der Waals surface area contributed by atoms with Gasteiger partial charge in [-0.1, -0.05) is 6.92 Å². The summed E-state index contributed by atoms with van der Waals surface area (Å²) in [6.07, 6.45) is -24.2. The molecule has 0 unspecified atom stereocenters. The molecule has 0 aromatic carbocycles. The number of hydrogen-bond donors (Lipinski definition) is 9. The van der Waals surface area contributed by atoms with Crippen LogP contribution in [0.4, 0.5) is 0 Å². The van der Waals surface area contributed by atoms with Crippen LogP contribution in [0.25, 0.3) is 0 Å². The third-order valence-corrected chi connectivity index (χ3v) is 7.16. The standard InChI is InChI=1S/C21H38O18S/c1-3-4-33-19-16(29)18(39-21-15(28)13(26)11(24)9(37-21)6-34-40(30,31)32)17(8(5-22)36-19)38-20-14(27)12(25)10(23)7(2)35-20/h7-29H,3-6H2,1-2H3,(H,30,31,32)/t7-,8+,9+,10+,11-,12+,13-,14-,15+,16+,17+,18+,19+,20-,21-/m0/s1. The lowest BCUT2D eigenvalue weighted by atomic mass is 9.96. The van der Waals surface area contributed by atoms with Crippen LogP contribution in [0.1, 0.15) is 20.3 Å². The SMILES string of the molecule is CCCO[C@@H]1O[C@H](CO)[C@@H](O[C@@H]2O[C@@H](C)[C@@H](O)[C@@H](O)[C@@H]2O)[C@H](O[C@@H]2O[C@H](COS(=O)(=O)O)[C@H](O)[C@H](O)[C@H]2O)[C@H]1O. The van der Waals surface area contributed by atoms with Gasteiger partial charge in [0.15, 0.2) is 18.9 Å². The van der Waals surface area contributed by atoms with E-state index in [1.807, 2.05) is 0 Å². The van der Waals surface area contributed by atoms with Gasteiger partial charge in [0.05, 0.1) is 19.3 Å². The van der Waals surface area contributed by atoms with Crippen molar-refractivity contribution in [3.05, 3.63) is 0 Å². The molecule has 0 spiro atoms. The molecule has 3 fully saturated rings. The fourth-order valence-corrected chi connectivity index (χ4v) is 4.79. The van der Waals surface area contributed by atoms with Crippen LogP contribution in [0.2, 0.25) is 0 Å². The van der Waals surface area contributed by atoms with Gasteiger partial charge in [-0.25, -0.2) is 4.18 Å². The molecule has 0 radical (unpaired) electrons. The Hall–Kier alpha value is -0.690. The first kappa shape index (κ1) is 33.8. The Morgan fingerprint density at radius 3 is 1.82 bits per heavy atom. The van der Waals surface area contributed by atoms with Crippen molar-refractivity contribution >= 4 is 10.4 Å². The molecule has 3 rings (SSSR count). The lowest BCUT2D eigenvalue weighted by molar-refractivity contribution is -0.385. The first-order chi connectivity index (χ1) is 18.7. The number of hydrogen-bond acceptors (Lipinski definition) is 17. The van der Waals surface area contributed by atoms with E-state index in [0.29, 0.717) is 6.42 Å². The summed E-state index contributed by atoms with van der Waals surface area (Å²) in [5.74, 6) is 0. The smallest absolute Gasteiger partial charge is 0.394 e. The van der Waals surface area contributed by atoms with Gasteiger partial charge in [0.25, 0.3) is 0 Å². The molecule has 3 heterocycles. The number of rotatable bonds is 11. The number of aliphatic hydroxyl groups excluding tert-OH is 8. The summed E-state index contributed by atoms with van der Waals surface area (Å²) in [5, 5.41) is 82.7. The minimum Gasteiger partial charge on any atom is -0.394 e. The molecule has 9 N–H and O–H groups in total. The highest BCUT2D eigenvalue weighted by Gasteiger charge is 2.54. The van der Waals surface area contributed by atoms with Crippen LogP contribution < -0.4 is 0 Å². The zero-order valence-corrected chi connectivity index (χ0v) is 22.4. The molecule has 236 valence electrons. The summed E-state index contributed by atoms with van der Waals surface area (Å²) >= 11 is 0. The minimum absolute atomic E-state index is 0.104. The van der Waals surface area contributed by atoms with Crippen LogP contribution in [0.5, 0.6) is 0 Å². The van der Waals surface area contributed by atoms with Crippen LogP contribution >= 0.6 is 0 Å². The van der Waals surface area contributed by atoms with Crippen LogP contribution in [0, 0.1) is 0 Å². The van der Waals surface area contributed by atoms with E-state index in [-0.39, 0.29) is 6.61 Å². The van der Waals surface area contributed by atoms with Gasteiger partial charge >= 0.3 is 10.4 Å². The van der Waals surface area contributed by atoms with Gasteiger partial charge < -0.3 is 69.3 Å². The van der Waals surface area contributed by atoms with Crippen molar-refractivity contribution in [1.82, 2.24) is 0 Å². The molecule has 18 nitrogen and oxygen atoms in total. The van der Waals surface area contributed by atoms with Gasteiger partial charge in [0, 0.05) is 6.61 Å². The first-order valence-electron chi connectivity index (χ1n) is 12.6. The topological polar surface area (TPSA) is 281 Å². The summed E-state index contributed by atoms with van der Waals surface area (Å²) in [5.41, 5.74) is 0. The third kappa shape index (κ3) is 7.82. The summed E-state index contributed by atoms with van der Waals surface area (Å²) in [6, 6.07) is 0. The molecule has 0 bridgehead atoms. The molecule has 0 aromatic heterocycles. The minimum atomic E-state index is -4.97. The summed E-state index contributed by atoms with van der Waals surface area (Å²) in [7, 11) is -4.97. The zero-order valence-electron chi connectivity index (χ0n) is 21.6. The van der Waals surface area contributed by atoms with E-state index in [4.69, 9.17) is 33.0 Å². The molecule has 3 saturated heterocycles.